The lowest BCUT2D eigenvalue weighted by Crippen LogP contribution is -2.61. The fourth-order valence-electron chi connectivity index (χ4n) is 9.48. The van der Waals surface area contributed by atoms with Gasteiger partial charge in [-0.25, -0.2) is 4.79 Å². The van der Waals surface area contributed by atoms with Crippen molar-refractivity contribution >= 4 is 175 Å². The van der Waals surface area contributed by atoms with Crippen LogP contribution in [0.4, 0.5) is 0 Å². The Hall–Kier alpha value is -8.71. The molecule has 14 amide bonds. The second-order valence-corrected chi connectivity index (χ2v) is 25.6. The highest BCUT2D eigenvalue weighted by molar-refractivity contribution is 7.99. The first kappa shape index (κ1) is 87.5. The van der Waals surface area contributed by atoms with Crippen LogP contribution in [0.2, 0.25) is 0 Å². The number of aliphatic hydroxyl groups excluding tert-OH is 1. The monoisotopic (exact) mass is 1540 g/mol. The fraction of sp³-hybridized carbons (Fsp3) is 0.517. The average molecular weight is 1550 g/mol. The van der Waals surface area contributed by atoms with Crippen LogP contribution < -0.4 is 69.5 Å². The number of likely N-dealkylation sites (tertiary alicyclic amines) is 1. The molecule has 562 valence electrons. The minimum Gasteiger partial charge on any atom is -0.508 e. The Morgan fingerprint density at radius 3 is 1.40 bits per heavy atom. The van der Waals surface area contributed by atoms with Gasteiger partial charge in [-0.1, -0.05) is 24.3 Å². The summed E-state index contributed by atoms with van der Waals surface area (Å²) in [6, 6.07) is -8.04. The predicted molar refractivity (Wildman–Crippen MR) is 381 cm³/mol. The summed E-state index contributed by atoms with van der Waals surface area (Å²) >= 11 is 21.6. The zero-order valence-corrected chi connectivity index (χ0v) is 60.4. The molecule has 0 aliphatic carbocycles. The number of aliphatic hydroxyl groups is 1. The van der Waals surface area contributed by atoms with E-state index in [0.29, 0.717) is 11.1 Å². The van der Waals surface area contributed by atoms with E-state index in [1.807, 2.05) is 0 Å². The molecule has 1 saturated heterocycles. The Labute approximate surface area is 615 Å². The molecule has 3 rings (SSSR count). The molecule has 19 N–H and O–H groups in total. The van der Waals surface area contributed by atoms with Gasteiger partial charge in [-0.2, -0.15) is 74.9 Å². The molecule has 0 spiro atoms. The molecule has 2 aromatic rings. The van der Waals surface area contributed by atoms with Crippen LogP contribution >= 0.6 is 74.9 Å². The number of hydrogen-bond acceptors (Lipinski definition) is 26. The van der Waals surface area contributed by atoms with Gasteiger partial charge >= 0.3 is 11.9 Å². The molecule has 1 fully saturated rings. The number of aliphatic carboxylic acids is 2. The maximum absolute atomic E-state index is 14.2. The first-order chi connectivity index (χ1) is 48.1. The highest BCUT2D eigenvalue weighted by Gasteiger charge is 2.41. The lowest BCUT2D eigenvalue weighted by molar-refractivity contribution is -0.143. The van der Waals surface area contributed by atoms with E-state index in [1.54, 1.807) is 6.26 Å². The number of thioether (sulfide) groups is 1. The summed E-state index contributed by atoms with van der Waals surface area (Å²) in [5, 5.41) is 77.0. The fourth-order valence-corrected chi connectivity index (χ4v) is 11.2. The molecule has 0 bridgehead atoms. The summed E-state index contributed by atoms with van der Waals surface area (Å²) in [4.78, 5) is 225. The van der Waals surface area contributed by atoms with Crippen LogP contribution in [-0.4, -0.2) is 263 Å². The number of nitrogens with one attached hydrogen (secondary N) is 12. The Bertz CT molecular complexity index is 3360. The summed E-state index contributed by atoms with van der Waals surface area (Å²) in [5.41, 5.74) is 6.27. The van der Waals surface area contributed by atoms with E-state index in [9.17, 15) is 107 Å². The largest absolute Gasteiger partial charge is 0.508 e. The van der Waals surface area contributed by atoms with E-state index in [2.05, 4.69) is 127 Å². The van der Waals surface area contributed by atoms with Crippen molar-refractivity contribution in [1.82, 2.24) is 68.7 Å². The number of thiol groups is 5. The number of rotatable bonds is 43. The number of carbonyl (C=O) groups excluding carboxylic acids is 15. The normalized spacial score (nSPS) is 16.0. The van der Waals surface area contributed by atoms with Gasteiger partial charge in [0, 0.05) is 54.6 Å². The molecular formula is C60H84N14O22S6. The number of amides is 14. The number of hydrogen-bond donors (Lipinski definition) is 23. The Balaban J connectivity index is 1.69. The van der Waals surface area contributed by atoms with Crippen molar-refractivity contribution in [2.24, 2.45) is 5.73 Å². The van der Waals surface area contributed by atoms with Crippen molar-refractivity contribution in [1.29, 1.82) is 0 Å². The van der Waals surface area contributed by atoms with Crippen LogP contribution in [0.5, 0.6) is 11.5 Å². The second kappa shape index (κ2) is 43.9. The number of aromatic hydroxyl groups is 2. The number of benzene rings is 2. The summed E-state index contributed by atoms with van der Waals surface area (Å²) in [6.07, 6.45) is -2.55. The molecule has 102 heavy (non-hydrogen) atoms. The summed E-state index contributed by atoms with van der Waals surface area (Å²) in [6.45, 7) is 1.37. The first-order valence-corrected chi connectivity index (χ1v) is 35.6. The lowest BCUT2D eigenvalue weighted by Gasteiger charge is -2.30. The first-order valence-electron chi connectivity index (χ1n) is 31.1. The van der Waals surface area contributed by atoms with Gasteiger partial charge in [0.05, 0.1) is 24.8 Å². The van der Waals surface area contributed by atoms with Crippen molar-refractivity contribution in [3.05, 3.63) is 59.7 Å². The van der Waals surface area contributed by atoms with E-state index in [-0.39, 0.29) is 61.0 Å². The Morgan fingerprint density at radius 1 is 0.529 bits per heavy atom. The summed E-state index contributed by atoms with van der Waals surface area (Å²) < 4.78 is 0. The van der Waals surface area contributed by atoms with Gasteiger partial charge < -0.3 is 100.0 Å². The highest BCUT2D eigenvalue weighted by Crippen LogP contribution is 2.21. The number of primary amides is 1. The third kappa shape index (κ3) is 29.0. The molecule has 2 aromatic carbocycles. The molecular weight excluding hydrogens is 1460 g/mol. The van der Waals surface area contributed by atoms with Crippen molar-refractivity contribution < 1.29 is 107 Å². The molecule has 2 unspecified atom stereocenters. The SMILES string of the molecule is CSCC(=O)C(=O)N[C@@H](CS)C(=O)N[C@@H](CCC(=O)O)C(=O)N[C@@H](Cc1ccc(O)cc1)C(=O)N[C@@H](CS)C(=O)N[C@@H](CS)C(=O)N[C@@H](CC(N)=O)C(=O)N1CCC[C@H]1C(=O)NC(C)C(=O)N[C@@H](CS)C(=O)N[C@H](C(=O)NCC(=O)NC(CS)C(=O)N[C@@H](Cc1ccc(O)cc1)C(=O)O)[C@@H](C)O. The van der Waals surface area contributed by atoms with E-state index in [4.69, 9.17) is 5.73 Å². The van der Waals surface area contributed by atoms with Crippen LogP contribution in [0.3, 0.4) is 0 Å². The quantitative estimate of drug-likeness (QED) is 0.0217. The number of carboxylic acids is 2. The summed E-state index contributed by atoms with van der Waals surface area (Å²) in [5.74, 6) is -21.0. The molecule has 36 nitrogen and oxygen atoms in total. The highest BCUT2D eigenvalue weighted by atomic mass is 32.2. The van der Waals surface area contributed by atoms with Crippen LogP contribution in [0, 0.1) is 0 Å². The van der Waals surface area contributed by atoms with Gasteiger partial charge in [0.2, 0.25) is 82.6 Å². The van der Waals surface area contributed by atoms with Gasteiger partial charge in [-0.05, 0) is 74.8 Å². The minimum atomic E-state index is -1.79. The minimum absolute atomic E-state index is 0.00931. The molecule has 0 aromatic heterocycles. The van der Waals surface area contributed by atoms with Crippen molar-refractivity contribution in [2.45, 2.75) is 137 Å². The molecule has 1 aliphatic rings. The molecule has 1 aliphatic heterocycles. The van der Waals surface area contributed by atoms with Crippen molar-refractivity contribution in [2.75, 3.05) is 53.9 Å². The maximum Gasteiger partial charge on any atom is 0.326 e. The zero-order chi connectivity index (χ0) is 76.7. The standard InChI is InChI=1S/C60H84N14O22S6/c1-27(48(83)69-41(25-101)55(90)73-47(28(2)75)58(93)62-20-45(80)64-37(21-97)51(86)68-36(60(95)96)18-30-8-12-32(77)13-9-30)63-56(91)42-5-4-16-74(42)59(94)35(19-44(61)79)67-53(88)38(22-98)71-54(89)39(23-99)70-50(85)34(17-29-6-10-31(76)11-7-29)66-49(84)33(14-15-46(81)82)65-52(87)40(24-100)72-57(92)43(78)26-102-3/h6-13,27-28,33-42,47,75-77,97-101H,4-5,14-26H2,1-3H3,(H2,61,79)(H,62,93)(H,63,91)(H,64,80)(H,65,87)(H,66,84)(H,67,88)(H,68,86)(H,69,83)(H,70,85)(H,71,89)(H,72,92)(H,73,90)(H,81,82)(H,95,96)/t27?,28-,33+,34+,35+,36+,37?,38+,39+,40+,41+,42+,47+/m1/s1. The van der Waals surface area contributed by atoms with Gasteiger partial charge in [0.25, 0.3) is 5.91 Å². The third-order valence-electron chi connectivity index (χ3n) is 15.0. The molecule has 42 heteroatoms. The van der Waals surface area contributed by atoms with E-state index in [1.165, 1.54) is 55.5 Å². The van der Waals surface area contributed by atoms with Crippen molar-refractivity contribution in [3.8, 4) is 11.5 Å². The van der Waals surface area contributed by atoms with Gasteiger partial charge in [-0.3, -0.25) is 76.7 Å². The zero-order valence-electron chi connectivity index (χ0n) is 55.1. The Morgan fingerprint density at radius 2 is 0.941 bits per heavy atom. The molecule has 13 atom stereocenters. The predicted octanol–water partition coefficient (Wildman–Crippen LogP) is -6.87. The molecule has 1 heterocycles. The smallest absolute Gasteiger partial charge is 0.326 e. The Kier molecular flexibility index (Phi) is 37.7. The number of ketones is 1. The summed E-state index contributed by atoms with van der Waals surface area (Å²) in [7, 11) is 0. The average Bonchev–Trinajstić information content (AvgIpc) is 1.64. The number of nitrogens with two attached hydrogens (primary N) is 1. The van der Waals surface area contributed by atoms with Crippen LogP contribution in [0.15, 0.2) is 48.5 Å². The number of Topliss-reactive ketones (excluding diaryl/α,β-unsaturated/α-hetero) is 1. The van der Waals surface area contributed by atoms with Crippen molar-refractivity contribution in [3.63, 3.8) is 0 Å². The lowest BCUT2D eigenvalue weighted by atomic mass is 10.0. The van der Waals surface area contributed by atoms with Crippen LogP contribution in [-0.2, 0) is 94.3 Å². The number of carbonyl (C=O) groups is 17. The number of carboxylic acid groups (broad SMARTS) is 2. The van der Waals surface area contributed by atoms with Gasteiger partial charge in [-0.15, -0.1) is 0 Å². The van der Waals surface area contributed by atoms with E-state index in [0.717, 1.165) is 23.6 Å². The van der Waals surface area contributed by atoms with Crippen LogP contribution in [0.1, 0.15) is 57.1 Å². The van der Waals surface area contributed by atoms with Crippen LogP contribution in [0.25, 0.3) is 0 Å². The van der Waals surface area contributed by atoms with Gasteiger partial charge in [0.1, 0.15) is 84.0 Å². The van der Waals surface area contributed by atoms with E-state index >= 15 is 0 Å². The second-order valence-electron chi connectivity index (χ2n) is 22.9. The molecule has 0 radical (unpaired) electrons. The number of phenols is 2. The third-order valence-corrected chi connectivity index (χ3v) is 17.4. The topological polar surface area (TPSA) is 565 Å². The maximum atomic E-state index is 14.2. The molecule has 0 saturated carbocycles. The number of nitrogens with zero attached hydrogens (tertiary/aromatic N) is 1. The van der Waals surface area contributed by atoms with E-state index < -0.39 is 222 Å². The van der Waals surface area contributed by atoms with Gasteiger partial charge in [0.15, 0.2) is 0 Å². The number of phenolic OH excluding ortho intramolecular Hbond substituents is 2.